The predicted molar refractivity (Wildman–Crippen MR) is 125 cm³/mol. The molecule has 3 nitrogen and oxygen atoms in total. The Labute approximate surface area is 180 Å². The van der Waals surface area contributed by atoms with Gasteiger partial charge in [0.15, 0.2) is 5.78 Å². The van der Waals surface area contributed by atoms with Crippen molar-refractivity contribution in [2.45, 2.75) is 67.7 Å². The van der Waals surface area contributed by atoms with E-state index in [2.05, 4.69) is 27.7 Å². The molecule has 2 rings (SSSR count). The minimum absolute atomic E-state index is 0.123. The molecule has 1 aromatic carbocycles. The molecule has 0 atom stereocenters. The SMILES string of the molecule is CC(C)CCN(CCC(C)C)C(=O)Cc1c(C(=O)C(C)(C)C)sc2ccccc12. The van der Waals surface area contributed by atoms with Gasteiger partial charge < -0.3 is 4.90 Å². The first kappa shape index (κ1) is 23.6. The van der Waals surface area contributed by atoms with Gasteiger partial charge in [0.1, 0.15) is 0 Å². The Morgan fingerprint density at radius 1 is 0.966 bits per heavy atom. The molecule has 0 bridgehead atoms. The maximum Gasteiger partial charge on any atom is 0.227 e. The fourth-order valence-corrected chi connectivity index (χ4v) is 4.62. The van der Waals surface area contributed by atoms with Gasteiger partial charge in [-0.2, -0.15) is 0 Å². The summed E-state index contributed by atoms with van der Waals surface area (Å²) in [5, 5.41) is 1.05. The van der Waals surface area contributed by atoms with Gasteiger partial charge in [-0.3, -0.25) is 9.59 Å². The second-order valence-electron chi connectivity index (χ2n) is 9.91. The molecule has 29 heavy (non-hydrogen) atoms. The molecular weight excluding hydrogens is 378 g/mol. The van der Waals surface area contributed by atoms with Gasteiger partial charge in [-0.15, -0.1) is 11.3 Å². The van der Waals surface area contributed by atoms with Crippen molar-refractivity contribution in [3.8, 4) is 0 Å². The van der Waals surface area contributed by atoms with Crippen LogP contribution in [0.2, 0.25) is 0 Å². The number of nitrogens with zero attached hydrogens (tertiary/aromatic N) is 1. The van der Waals surface area contributed by atoms with Crippen LogP contribution in [-0.2, 0) is 11.2 Å². The summed E-state index contributed by atoms with van der Waals surface area (Å²) in [7, 11) is 0. The third-order valence-electron chi connectivity index (χ3n) is 5.22. The summed E-state index contributed by atoms with van der Waals surface area (Å²) in [5.41, 5.74) is 0.447. The Balaban J connectivity index is 2.36. The van der Waals surface area contributed by atoms with E-state index in [4.69, 9.17) is 0 Å². The molecule has 0 aliphatic rings. The van der Waals surface area contributed by atoms with Crippen LogP contribution in [0, 0.1) is 17.3 Å². The van der Waals surface area contributed by atoms with Gasteiger partial charge in [0.25, 0.3) is 0 Å². The minimum Gasteiger partial charge on any atom is -0.342 e. The van der Waals surface area contributed by atoms with Crippen molar-refractivity contribution in [2.24, 2.45) is 17.3 Å². The van der Waals surface area contributed by atoms with Gasteiger partial charge in [0.05, 0.1) is 11.3 Å². The molecule has 4 heteroatoms. The Kier molecular flexibility index (Phi) is 8.04. The van der Waals surface area contributed by atoms with Crippen LogP contribution in [0.25, 0.3) is 10.1 Å². The number of fused-ring (bicyclic) bond motifs is 1. The van der Waals surface area contributed by atoms with E-state index >= 15 is 0 Å². The monoisotopic (exact) mass is 415 g/mol. The summed E-state index contributed by atoms with van der Waals surface area (Å²) < 4.78 is 1.08. The largest absolute Gasteiger partial charge is 0.342 e. The first-order valence-corrected chi connectivity index (χ1v) is 11.6. The Morgan fingerprint density at radius 2 is 1.52 bits per heavy atom. The second kappa shape index (κ2) is 9.88. The molecule has 1 amide bonds. The van der Waals surface area contributed by atoms with Crippen LogP contribution in [0.1, 0.15) is 76.5 Å². The zero-order valence-electron chi connectivity index (χ0n) is 19.2. The van der Waals surface area contributed by atoms with Gasteiger partial charge in [0, 0.05) is 23.2 Å². The predicted octanol–water partition coefficient (Wildman–Crippen LogP) is 6.59. The fourth-order valence-electron chi connectivity index (χ4n) is 3.25. The van der Waals surface area contributed by atoms with Gasteiger partial charge >= 0.3 is 0 Å². The molecule has 0 fully saturated rings. The smallest absolute Gasteiger partial charge is 0.227 e. The van der Waals surface area contributed by atoms with E-state index in [0.29, 0.717) is 18.3 Å². The van der Waals surface area contributed by atoms with E-state index < -0.39 is 5.41 Å². The Hall–Kier alpha value is -1.68. The highest BCUT2D eigenvalue weighted by molar-refractivity contribution is 7.21. The van der Waals surface area contributed by atoms with Crippen molar-refractivity contribution < 1.29 is 9.59 Å². The number of Topliss-reactive ketones (excluding diaryl/α,β-unsaturated/α-hetero) is 1. The van der Waals surface area contributed by atoms with Crippen LogP contribution in [0.4, 0.5) is 0 Å². The fraction of sp³-hybridized carbons (Fsp3) is 0.600. The molecule has 0 aliphatic carbocycles. The van der Waals surface area contributed by atoms with Crippen LogP contribution >= 0.6 is 11.3 Å². The summed E-state index contributed by atoms with van der Waals surface area (Å²) in [6, 6.07) is 8.07. The van der Waals surface area contributed by atoms with Crippen LogP contribution in [-0.4, -0.2) is 29.7 Å². The molecule has 0 aliphatic heterocycles. The first-order valence-electron chi connectivity index (χ1n) is 10.8. The number of ketones is 1. The van der Waals surface area contributed by atoms with E-state index in [1.165, 1.54) is 11.3 Å². The van der Waals surface area contributed by atoms with Crippen molar-refractivity contribution >= 4 is 33.1 Å². The van der Waals surface area contributed by atoms with Crippen molar-refractivity contribution in [1.29, 1.82) is 0 Å². The number of benzene rings is 1. The van der Waals surface area contributed by atoms with Crippen LogP contribution in [0.15, 0.2) is 24.3 Å². The molecule has 2 aromatic rings. The third-order valence-corrected chi connectivity index (χ3v) is 6.43. The minimum atomic E-state index is -0.465. The van der Waals surface area contributed by atoms with E-state index in [1.54, 1.807) is 0 Å². The normalized spacial score (nSPS) is 12.2. The number of amides is 1. The number of rotatable bonds is 9. The quantitative estimate of drug-likeness (QED) is 0.433. The number of hydrogen-bond donors (Lipinski definition) is 0. The molecule has 160 valence electrons. The molecule has 0 spiro atoms. The highest BCUT2D eigenvalue weighted by atomic mass is 32.1. The lowest BCUT2D eigenvalue weighted by atomic mass is 9.88. The molecule has 0 saturated carbocycles. The number of carbonyl (C=O) groups is 2. The van der Waals surface area contributed by atoms with Crippen LogP contribution < -0.4 is 0 Å². The van der Waals surface area contributed by atoms with Crippen LogP contribution in [0.3, 0.4) is 0 Å². The Morgan fingerprint density at radius 3 is 2.03 bits per heavy atom. The number of carbonyl (C=O) groups excluding carboxylic acids is 2. The van der Waals surface area contributed by atoms with E-state index in [9.17, 15) is 9.59 Å². The zero-order chi connectivity index (χ0) is 21.8. The molecule has 0 N–H and O–H groups in total. The maximum atomic E-state index is 13.3. The second-order valence-corrected chi connectivity index (χ2v) is 11.0. The molecule has 1 heterocycles. The lowest BCUT2D eigenvalue weighted by Crippen LogP contribution is -2.35. The van der Waals surface area contributed by atoms with E-state index in [0.717, 1.165) is 46.5 Å². The number of thiophene rings is 1. The van der Waals surface area contributed by atoms with Gasteiger partial charge in [-0.25, -0.2) is 0 Å². The average Bonchev–Trinajstić information content (AvgIpc) is 2.98. The average molecular weight is 416 g/mol. The Bertz CT molecular complexity index is 830. The topological polar surface area (TPSA) is 37.4 Å². The molecule has 1 aromatic heterocycles. The molecule has 0 radical (unpaired) electrons. The number of hydrogen-bond acceptors (Lipinski definition) is 3. The summed E-state index contributed by atoms with van der Waals surface area (Å²) in [6.07, 6.45) is 2.31. The van der Waals surface area contributed by atoms with Gasteiger partial charge in [-0.1, -0.05) is 66.7 Å². The standard InChI is InChI=1S/C25H37NO2S/c1-17(2)12-14-26(15-13-18(3)4)22(27)16-20-19-10-8-9-11-21(19)29-23(20)24(28)25(5,6)7/h8-11,17-18H,12-16H2,1-7H3. The summed E-state index contributed by atoms with van der Waals surface area (Å²) >= 11 is 1.53. The lowest BCUT2D eigenvalue weighted by Gasteiger charge is -2.25. The van der Waals surface area contributed by atoms with Crippen molar-refractivity contribution in [3.05, 3.63) is 34.7 Å². The lowest BCUT2D eigenvalue weighted by molar-refractivity contribution is -0.130. The summed E-state index contributed by atoms with van der Waals surface area (Å²) in [5.74, 6) is 1.38. The highest BCUT2D eigenvalue weighted by Gasteiger charge is 2.29. The third kappa shape index (κ3) is 6.40. The molecule has 0 unspecified atom stereocenters. The van der Waals surface area contributed by atoms with Crippen molar-refractivity contribution in [3.63, 3.8) is 0 Å². The summed E-state index contributed by atoms with van der Waals surface area (Å²) in [4.78, 5) is 29.2. The zero-order valence-corrected chi connectivity index (χ0v) is 20.0. The van der Waals surface area contributed by atoms with Crippen LogP contribution in [0.5, 0.6) is 0 Å². The van der Waals surface area contributed by atoms with E-state index in [-0.39, 0.29) is 11.7 Å². The molecular formula is C25H37NO2S. The van der Waals surface area contributed by atoms with Gasteiger partial charge in [0.2, 0.25) is 5.91 Å². The molecule has 0 saturated heterocycles. The van der Waals surface area contributed by atoms with Crippen molar-refractivity contribution in [1.82, 2.24) is 4.90 Å². The van der Waals surface area contributed by atoms with E-state index in [1.807, 2.05) is 49.9 Å². The summed E-state index contributed by atoms with van der Waals surface area (Å²) in [6.45, 7) is 16.2. The first-order chi connectivity index (χ1) is 13.5. The maximum absolute atomic E-state index is 13.3. The highest BCUT2D eigenvalue weighted by Crippen LogP contribution is 2.36. The van der Waals surface area contributed by atoms with Crippen molar-refractivity contribution in [2.75, 3.05) is 13.1 Å². The van der Waals surface area contributed by atoms with Gasteiger partial charge in [-0.05, 0) is 41.7 Å².